The third-order valence-electron chi connectivity index (χ3n) is 5.10. The zero-order valence-corrected chi connectivity index (χ0v) is 15.2. The quantitative estimate of drug-likeness (QED) is 0.796. The van der Waals surface area contributed by atoms with Crippen LogP contribution in [0.5, 0.6) is 0 Å². The third kappa shape index (κ3) is 3.85. The van der Waals surface area contributed by atoms with Gasteiger partial charge in [0.1, 0.15) is 11.8 Å². The minimum atomic E-state index is -0.302. The molecule has 0 bridgehead atoms. The Kier molecular flexibility index (Phi) is 5.15. The first-order valence-corrected chi connectivity index (χ1v) is 9.34. The number of carbonyl (C=O) groups is 2. The fourth-order valence-corrected chi connectivity index (χ4v) is 3.56. The van der Waals surface area contributed by atoms with Crippen LogP contribution in [-0.4, -0.2) is 75.5 Å². The summed E-state index contributed by atoms with van der Waals surface area (Å²) in [4.78, 5) is 28.9. The lowest BCUT2D eigenvalue weighted by atomic mass is 10.2. The van der Waals surface area contributed by atoms with Crippen LogP contribution in [-0.2, 0) is 16.1 Å². The molecule has 0 spiro atoms. The third-order valence-corrected chi connectivity index (χ3v) is 5.10. The van der Waals surface area contributed by atoms with Crippen LogP contribution in [0.3, 0.4) is 0 Å². The molecule has 1 unspecified atom stereocenters. The SMILES string of the molecule is O=C(c1cnnn1Cc1ccccc1)N1CCN(C(=O)C2CCCO2)CC1. The van der Waals surface area contributed by atoms with Gasteiger partial charge in [-0.2, -0.15) is 0 Å². The fraction of sp³-hybridized carbons (Fsp3) is 0.474. The second-order valence-electron chi connectivity index (χ2n) is 6.88. The number of hydrogen-bond donors (Lipinski definition) is 0. The number of rotatable bonds is 4. The van der Waals surface area contributed by atoms with Crippen molar-refractivity contribution in [1.82, 2.24) is 24.8 Å². The van der Waals surface area contributed by atoms with Crippen LogP contribution >= 0.6 is 0 Å². The average Bonchev–Trinajstić information content (AvgIpc) is 3.40. The highest BCUT2D eigenvalue weighted by molar-refractivity contribution is 5.92. The molecule has 0 saturated carbocycles. The summed E-state index contributed by atoms with van der Waals surface area (Å²) in [6.45, 7) is 3.24. The van der Waals surface area contributed by atoms with Gasteiger partial charge < -0.3 is 14.5 Å². The van der Waals surface area contributed by atoms with E-state index in [0.29, 0.717) is 45.0 Å². The molecule has 3 heterocycles. The second-order valence-corrected chi connectivity index (χ2v) is 6.88. The summed E-state index contributed by atoms with van der Waals surface area (Å²) in [5, 5.41) is 7.98. The van der Waals surface area contributed by atoms with E-state index in [-0.39, 0.29) is 17.9 Å². The first kappa shape index (κ1) is 17.7. The van der Waals surface area contributed by atoms with Crippen LogP contribution in [0.1, 0.15) is 28.9 Å². The highest BCUT2D eigenvalue weighted by Crippen LogP contribution is 2.17. The summed E-state index contributed by atoms with van der Waals surface area (Å²) in [7, 11) is 0. The molecule has 1 atom stereocenters. The van der Waals surface area contributed by atoms with Gasteiger partial charge in [0, 0.05) is 32.8 Å². The van der Waals surface area contributed by atoms with Crippen LogP contribution in [0.4, 0.5) is 0 Å². The van der Waals surface area contributed by atoms with Gasteiger partial charge in [0.05, 0.1) is 12.7 Å². The van der Waals surface area contributed by atoms with E-state index in [1.807, 2.05) is 30.3 Å². The maximum atomic E-state index is 12.9. The van der Waals surface area contributed by atoms with Gasteiger partial charge in [0.2, 0.25) is 0 Å². The molecule has 2 saturated heterocycles. The normalized spacial score (nSPS) is 20.1. The molecule has 8 nitrogen and oxygen atoms in total. The van der Waals surface area contributed by atoms with Crippen molar-refractivity contribution in [3.05, 3.63) is 47.8 Å². The molecule has 2 aromatic rings. The smallest absolute Gasteiger partial charge is 0.273 e. The zero-order chi connectivity index (χ0) is 18.6. The molecular formula is C19H23N5O3. The van der Waals surface area contributed by atoms with Gasteiger partial charge in [-0.25, -0.2) is 4.68 Å². The molecule has 2 aliphatic rings. The summed E-state index contributed by atoms with van der Waals surface area (Å²) >= 11 is 0. The van der Waals surface area contributed by atoms with Gasteiger partial charge in [-0.1, -0.05) is 35.5 Å². The van der Waals surface area contributed by atoms with Crippen molar-refractivity contribution < 1.29 is 14.3 Å². The number of hydrogen-bond acceptors (Lipinski definition) is 5. The first-order valence-electron chi connectivity index (χ1n) is 9.34. The van der Waals surface area contributed by atoms with Gasteiger partial charge in [-0.3, -0.25) is 9.59 Å². The Morgan fingerprint density at radius 1 is 1.07 bits per heavy atom. The molecule has 27 heavy (non-hydrogen) atoms. The van der Waals surface area contributed by atoms with Crippen LogP contribution in [0.25, 0.3) is 0 Å². The number of benzene rings is 1. The van der Waals surface area contributed by atoms with E-state index >= 15 is 0 Å². The molecule has 2 fully saturated rings. The monoisotopic (exact) mass is 369 g/mol. The molecule has 4 rings (SSSR count). The summed E-state index contributed by atoms with van der Waals surface area (Å²) in [6, 6.07) is 9.85. The molecule has 0 N–H and O–H groups in total. The molecular weight excluding hydrogens is 346 g/mol. The summed E-state index contributed by atoms with van der Waals surface area (Å²) < 4.78 is 7.11. The summed E-state index contributed by atoms with van der Waals surface area (Å²) in [6.07, 6.45) is 2.94. The van der Waals surface area contributed by atoms with Crippen LogP contribution in [0.2, 0.25) is 0 Å². The van der Waals surface area contributed by atoms with E-state index in [1.54, 1.807) is 14.5 Å². The van der Waals surface area contributed by atoms with Gasteiger partial charge in [0.15, 0.2) is 0 Å². The predicted octanol–water partition coefficient (Wildman–Crippen LogP) is 0.790. The molecule has 0 aliphatic carbocycles. The van der Waals surface area contributed by atoms with E-state index in [1.165, 1.54) is 6.20 Å². The molecule has 8 heteroatoms. The number of carbonyl (C=O) groups excluding carboxylic acids is 2. The average molecular weight is 369 g/mol. The van der Waals surface area contributed by atoms with Crippen molar-refractivity contribution in [3.8, 4) is 0 Å². The highest BCUT2D eigenvalue weighted by Gasteiger charge is 2.32. The largest absolute Gasteiger partial charge is 0.368 e. The Labute approximate surface area is 157 Å². The van der Waals surface area contributed by atoms with E-state index in [9.17, 15) is 9.59 Å². The minimum absolute atomic E-state index is 0.0513. The Hall–Kier alpha value is -2.74. The van der Waals surface area contributed by atoms with Crippen LogP contribution < -0.4 is 0 Å². The predicted molar refractivity (Wildman–Crippen MR) is 97.0 cm³/mol. The Balaban J connectivity index is 1.37. The number of ether oxygens (including phenoxy) is 1. The number of amides is 2. The number of aromatic nitrogens is 3. The lowest BCUT2D eigenvalue weighted by Gasteiger charge is -2.35. The van der Waals surface area contributed by atoms with E-state index in [2.05, 4.69) is 10.3 Å². The van der Waals surface area contributed by atoms with Crippen molar-refractivity contribution in [2.45, 2.75) is 25.5 Å². The maximum absolute atomic E-state index is 12.9. The van der Waals surface area contributed by atoms with E-state index in [0.717, 1.165) is 18.4 Å². The Morgan fingerprint density at radius 2 is 1.81 bits per heavy atom. The number of nitrogens with zero attached hydrogens (tertiary/aromatic N) is 5. The minimum Gasteiger partial charge on any atom is -0.368 e. The maximum Gasteiger partial charge on any atom is 0.273 e. The van der Waals surface area contributed by atoms with Gasteiger partial charge >= 0.3 is 0 Å². The van der Waals surface area contributed by atoms with Crippen LogP contribution in [0.15, 0.2) is 36.5 Å². The van der Waals surface area contributed by atoms with Gasteiger partial charge in [-0.15, -0.1) is 5.10 Å². The van der Waals surface area contributed by atoms with Crippen molar-refractivity contribution in [2.24, 2.45) is 0 Å². The Morgan fingerprint density at radius 3 is 2.52 bits per heavy atom. The van der Waals surface area contributed by atoms with Gasteiger partial charge in [-0.05, 0) is 18.4 Å². The van der Waals surface area contributed by atoms with E-state index < -0.39 is 0 Å². The standard InChI is InChI=1S/C19H23N5O3/c25-18(16-13-20-21-24(16)14-15-5-2-1-3-6-15)22-8-10-23(11-9-22)19(26)17-7-4-12-27-17/h1-3,5-6,13,17H,4,7-12,14H2. The molecule has 0 radical (unpaired) electrons. The topological polar surface area (TPSA) is 80.6 Å². The first-order chi connectivity index (χ1) is 13.2. The highest BCUT2D eigenvalue weighted by atomic mass is 16.5. The van der Waals surface area contributed by atoms with Gasteiger partial charge in [0.25, 0.3) is 11.8 Å². The Bertz CT molecular complexity index is 793. The lowest BCUT2D eigenvalue weighted by Crippen LogP contribution is -2.53. The van der Waals surface area contributed by atoms with Crippen LogP contribution in [0, 0.1) is 0 Å². The molecule has 1 aromatic carbocycles. The lowest BCUT2D eigenvalue weighted by molar-refractivity contribution is -0.142. The molecule has 142 valence electrons. The van der Waals surface area contributed by atoms with Crippen molar-refractivity contribution in [3.63, 3.8) is 0 Å². The van der Waals surface area contributed by atoms with E-state index in [4.69, 9.17) is 4.74 Å². The zero-order valence-electron chi connectivity index (χ0n) is 15.2. The summed E-state index contributed by atoms with van der Waals surface area (Å²) in [5.74, 6) is -0.0458. The molecule has 2 amide bonds. The van der Waals surface area contributed by atoms with Crippen molar-refractivity contribution in [1.29, 1.82) is 0 Å². The van der Waals surface area contributed by atoms with Crippen molar-refractivity contribution >= 4 is 11.8 Å². The molecule has 1 aromatic heterocycles. The number of piperazine rings is 1. The summed E-state index contributed by atoms with van der Waals surface area (Å²) in [5.41, 5.74) is 1.53. The second kappa shape index (κ2) is 7.87. The fourth-order valence-electron chi connectivity index (χ4n) is 3.56. The van der Waals surface area contributed by atoms with Crippen molar-refractivity contribution in [2.75, 3.05) is 32.8 Å². The molecule has 2 aliphatic heterocycles.